The van der Waals surface area contributed by atoms with E-state index in [0.717, 1.165) is 17.1 Å². The van der Waals surface area contributed by atoms with Crippen LogP contribution in [0, 0.1) is 5.92 Å². The Bertz CT molecular complexity index is 470. The monoisotopic (exact) mass is 251 g/mol. The summed E-state index contributed by atoms with van der Waals surface area (Å²) < 4.78 is 1.95. The van der Waals surface area contributed by atoms with Gasteiger partial charge in [-0.05, 0) is 12.5 Å². The van der Waals surface area contributed by atoms with Gasteiger partial charge >= 0.3 is 0 Å². The minimum absolute atomic E-state index is 0.230. The molecule has 1 atom stereocenters. The van der Waals surface area contributed by atoms with Gasteiger partial charge in [-0.2, -0.15) is 0 Å². The molecular formula is C12H17N3OS. The van der Waals surface area contributed by atoms with Crippen molar-refractivity contribution in [3.05, 3.63) is 23.5 Å². The predicted molar refractivity (Wildman–Crippen MR) is 69.2 cm³/mol. The zero-order valence-corrected chi connectivity index (χ0v) is 10.7. The van der Waals surface area contributed by atoms with E-state index in [1.54, 1.807) is 11.3 Å². The van der Waals surface area contributed by atoms with Crippen molar-refractivity contribution >= 4 is 22.1 Å². The fourth-order valence-electron chi connectivity index (χ4n) is 1.85. The lowest BCUT2D eigenvalue weighted by Crippen LogP contribution is -2.18. The van der Waals surface area contributed by atoms with Gasteiger partial charge in [0.05, 0.1) is 12.1 Å². The van der Waals surface area contributed by atoms with E-state index in [4.69, 9.17) is 5.73 Å². The maximum Gasteiger partial charge on any atom is 0.193 e. The van der Waals surface area contributed by atoms with Crippen molar-refractivity contribution in [1.82, 2.24) is 9.38 Å². The minimum Gasteiger partial charge on any atom is -0.330 e. The molecule has 0 aromatic carbocycles. The molecule has 0 saturated heterocycles. The molecule has 0 saturated carbocycles. The molecule has 0 aliphatic heterocycles. The van der Waals surface area contributed by atoms with Crippen molar-refractivity contribution < 1.29 is 4.79 Å². The van der Waals surface area contributed by atoms with Gasteiger partial charge in [0.2, 0.25) is 0 Å². The average molecular weight is 251 g/mol. The predicted octanol–water partition coefficient (Wildman–Crippen LogP) is 1.88. The van der Waals surface area contributed by atoms with E-state index >= 15 is 0 Å². The lowest BCUT2D eigenvalue weighted by molar-refractivity contribution is -0.119. The van der Waals surface area contributed by atoms with Crippen LogP contribution in [0.15, 0.2) is 17.8 Å². The van der Waals surface area contributed by atoms with Crippen LogP contribution in [0.2, 0.25) is 0 Å². The van der Waals surface area contributed by atoms with E-state index in [2.05, 4.69) is 11.9 Å². The Balaban J connectivity index is 1.96. The number of Topliss-reactive ketones (excluding diaryl/α,β-unsaturated/α-hetero) is 1. The Labute approximate surface area is 104 Å². The Hall–Kier alpha value is -1.20. The molecule has 0 aliphatic carbocycles. The summed E-state index contributed by atoms with van der Waals surface area (Å²) in [5.74, 6) is 0.541. The summed E-state index contributed by atoms with van der Waals surface area (Å²) in [6, 6.07) is 0. The van der Waals surface area contributed by atoms with Gasteiger partial charge in [0.1, 0.15) is 5.78 Å². The molecule has 0 spiro atoms. The lowest BCUT2D eigenvalue weighted by Gasteiger charge is -2.09. The number of ketones is 1. The molecule has 0 amide bonds. The Morgan fingerprint density at radius 1 is 1.65 bits per heavy atom. The second-order valence-electron chi connectivity index (χ2n) is 4.25. The molecule has 2 N–H and O–H groups in total. The second-order valence-corrected chi connectivity index (χ2v) is 5.13. The summed E-state index contributed by atoms with van der Waals surface area (Å²) in [4.78, 5) is 17.2. The molecule has 0 radical (unpaired) electrons. The summed E-state index contributed by atoms with van der Waals surface area (Å²) in [6.45, 7) is 2.65. The number of thiazole rings is 1. The molecule has 0 bridgehead atoms. The number of nitrogens with zero attached hydrogens (tertiary/aromatic N) is 2. The van der Waals surface area contributed by atoms with Gasteiger partial charge in [0.25, 0.3) is 0 Å². The van der Waals surface area contributed by atoms with Crippen LogP contribution in [-0.4, -0.2) is 21.7 Å². The molecule has 0 aliphatic rings. The molecule has 2 aromatic heterocycles. The van der Waals surface area contributed by atoms with Crippen molar-refractivity contribution in [2.45, 2.75) is 26.2 Å². The third-order valence-electron chi connectivity index (χ3n) is 2.95. The molecule has 5 heteroatoms. The van der Waals surface area contributed by atoms with E-state index < -0.39 is 0 Å². The number of hydrogen-bond donors (Lipinski definition) is 1. The van der Waals surface area contributed by atoms with Crippen molar-refractivity contribution in [1.29, 1.82) is 0 Å². The van der Waals surface area contributed by atoms with Gasteiger partial charge in [-0.25, -0.2) is 4.98 Å². The maximum absolute atomic E-state index is 11.8. The fraction of sp³-hybridized carbons (Fsp3) is 0.500. The topological polar surface area (TPSA) is 60.4 Å². The highest BCUT2D eigenvalue weighted by molar-refractivity contribution is 7.15. The lowest BCUT2D eigenvalue weighted by atomic mass is 9.98. The highest BCUT2D eigenvalue weighted by Crippen LogP contribution is 2.14. The van der Waals surface area contributed by atoms with Crippen LogP contribution in [0.4, 0.5) is 0 Å². The first-order valence-electron chi connectivity index (χ1n) is 5.85. The Morgan fingerprint density at radius 3 is 3.12 bits per heavy atom. The van der Waals surface area contributed by atoms with Crippen LogP contribution in [0.1, 0.15) is 25.5 Å². The second kappa shape index (κ2) is 5.42. The first-order chi connectivity index (χ1) is 8.22. The number of hydrogen-bond acceptors (Lipinski definition) is 4. The van der Waals surface area contributed by atoms with Crippen LogP contribution in [0.5, 0.6) is 0 Å². The molecule has 2 rings (SSSR count). The highest BCUT2D eigenvalue weighted by Gasteiger charge is 2.13. The first kappa shape index (κ1) is 12.3. The quantitative estimate of drug-likeness (QED) is 0.852. The van der Waals surface area contributed by atoms with Gasteiger partial charge in [-0.1, -0.05) is 13.3 Å². The van der Waals surface area contributed by atoms with Crippen molar-refractivity contribution in [2.75, 3.05) is 6.54 Å². The van der Waals surface area contributed by atoms with Crippen molar-refractivity contribution in [2.24, 2.45) is 11.7 Å². The van der Waals surface area contributed by atoms with E-state index in [1.807, 2.05) is 22.2 Å². The Morgan fingerprint density at radius 2 is 2.47 bits per heavy atom. The zero-order chi connectivity index (χ0) is 12.3. The third kappa shape index (κ3) is 2.92. The van der Waals surface area contributed by atoms with Gasteiger partial charge in [-0.15, -0.1) is 11.3 Å². The zero-order valence-electron chi connectivity index (χ0n) is 9.93. The van der Waals surface area contributed by atoms with Crippen LogP contribution in [-0.2, 0) is 11.2 Å². The molecule has 0 fully saturated rings. The number of carbonyl (C=O) groups excluding carboxylic acids is 1. The van der Waals surface area contributed by atoms with Crippen LogP contribution in [0.3, 0.4) is 0 Å². The first-order valence-corrected chi connectivity index (χ1v) is 6.73. The molecule has 92 valence electrons. The van der Waals surface area contributed by atoms with Gasteiger partial charge in [0.15, 0.2) is 4.96 Å². The van der Waals surface area contributed by atoms with Gasteiger partial charge in [0, 0.05) is 24.2 Å². The normalized spacial score (nSPS) is 13.1. The van der Waals surface area contributed by atoms with Crippen LogP contribution in [0.25, 0.3) is 4.96 Å². The fourth-order valence-corrected chi connectivity index (χ4v) is 2.57. The van der Waals surface area contributed by atoms with E-state index in [-0.39, 0.29) is 5.78 Å². The number of rotatable bonds is 6. The van der Waals surface area contributed by atoms with E-state index in [0.29, 0.717) is 25.3 Å². The van der Waals surface area contributed by atoms with Gasteiger partial charge in [-0.3, -0.25) is 9.20 Å². The molecule has 17 heavy (non-hydrogen) atoms. The van der Waals surface area contributed by atoms with E-state index in [1.165, 1.54) is 0 Å². The third-order valence-corrected chi connectivity index (χ3v) is 3.72. The number of aromatic nitrogens is 2. The van der Waals surface area contributed by atoms with E-state index in [9.17, 15) is 4.79 Å². The summed E-state index contributed by atoms with van der Waals surface area (Å²) in [5, 5.41) is 1.98. The maximum atomic E-state index is 11.8. The minimum atomic E-state index is 0.230. The van der Waals surface area contributed by atoms with Gasteiger partial charge < -0.3 is 5.73 Å². The molecule has 2 heterocycles. The average Bonchev–Trinajstić information content (AvgIpc) is 2.86. The Kier molecular flexibility index (Phi) is 3.91. The number of imidazole rings is 1. The molecule has 2 aromatic rings. The molecule has 1 unspecified atom stereocenters. The highest BCUT2D eigenvalue weighted by atomic mass is 32.1. The molecule has 4 nitrogen and oxygen atoms in total. The number of nitrogens with two attached hydrogens (primary N) is 1. The molecular weight excluding hydrogens is 234 g/mol. The number of carbonyl (C=O) groups is 1. The van der Waals surface area contributed by atoms with Crippen LogP contribution < -0.4 is 5.73 Å². The van der Waals surface area contributed by atoms with Crippen molar-refractivity contribution in [3.63, 3.8) is 0 Å². The number of fused-ring (bicyclic) bond motifs is 1. The van der Waals surface area contributed by atoms with Crippen molar-refractivity contribution in [3.8, 4) is 0 Å². The standard InChI is InChI=1S/C12H17N3OS/c1-2-9(7-13)5-11(16)6-10-8-15-3-4-17-12(15)14-10/h3-4,8-9H,2,5-7,13H2,1H3. The largest absolute Gasteiger partial charge is 0.330 e. The summed E-state index contributed by atoms with van der Waals surface area (Å²) >= 11 is 1.58. The van der Waals surface area contributed by atoms with Crippen LogP contribution >= 0.6 is 11.3 Å². The summed E-state index contributed by atoms with van der Waals surface area (Å²) in [5.41, 5.74) is 6.45. The summed E-state index contributed by atoms with van der Waals surface area (Å²) in [6.07, 6.45) is 5.83. The summed E-state index contributed by atoms with van der Waals surface area (Å²) in [7, 11) is 0. The smallest absolute Gasteiger partial charge is 0.193 e. The SMILES string of the molecule is CCC(CN)CC(=O)Cc1cn2ccsc2n1.